The van der Waals surface area contributed by atoms with E-state index in [1.807, 2.05) is 6.92 Å². The number of aromatic hydroxyl groups is 1. The summed E-state index contributed by atoms with van der Waals surface area (Å²) in [5, 5.41) is 12.4. The molecule has 2 aromatic rings. The molecular formula is C18H18F3NO3. The molecule has 2 N–H and O–H groups in total. The van der Waals surface area contributed by atoms with E-state index >= 15 is 0 Å². The topological polar surface area (TPSA) is 58.6 Å². The van der Waals surface area contributed by atoms with Crippen LogP contribution in [0.1, 0.15) is 32.6 Å². The number of rotatable bonds is 5. The standard InChI is InChI=1S/C18H18F3NO3/c1-11-7-14(23)5-4-13(11)10-22-9-12-3-6-15(17(24)25-2)16(8-12)18(19,20)21/h3-8,22-23H,9-10H2,1-2H3. The van der Waals surface area contributed by atoms with Gasteiger partial charge in [-0.2, -0.15) is 13.2 Å². The van der Waals surface area contributed by atoms with Crippen molar-refractivity contribution in [3.63, 3.8) is 0 Å². The lowest BCUT2D eigenvalue weighted by molar-refractivity contribution is -0.138. The summed E-state index contributed by atoms with van der Waals surface area (Å²) < 4.78 is 43.9. The lowest BCUT2D eigenvalue weighted by Gasteiger charge is -2.14. The van der Waals surface area contributed by atoms with Crippen LogP contribution in [0.3, 0.4) is 0 Å². The highest BCUT2D eigenvalue weighted by molar-refractivity contribution is 5.91. The van der Waals surface area contributed by atoms with E-state index in [-0.39, 0.29) is 12.3 Å². The van der Waals surface area contributed by atoms with Crippen LogP contribution in [-0.2, 0) is 24.0 Å². The molecule has 0 saturated carbocycles. The summed E-state index contributed by atoms with van der Waals surface area (Å²) in [5.41, 5.74) is 0.688. The van der Waals surface area contributed by atoms with Gasteiger partial charge in [0.25, 0.3) is 0 Å². The number of esters is 1. The van der Waals surface area contributed by atoms with Crippen molar-refractivity contribution in [3.8, 4) is 5.75 Å². The molecule has 0 aromatic heterocycles. The van der Waals surface area contributed by atoms with Gasteiger partial charge in [0.15, 0.2) is 0 Å². The Balaban J connectivity index is 2.13. The second-order valence-electron chi connectivity index (χ2n) is 5.58. The van der Waals surface area contributed by atoms with Crippen LogP contribution in [0, 0.1) is 6.92 Å². The Labute approximate surface area is 143 Å². The molecule has 0 unspecified atom stereocenters. The van der Waals surface area contributed by atoms with E-state index in [9.17, 15) is 23.1 Å². The van der Waals surface area contributed by atoms with Crippen LogP contribution in [0.15, 0.2) is 36.4 Å². The van der Waals surface area contributed by atoms with Crippen molar-refractivity contribution >= 4 is 5.97 Å². The fourth-order valence-corrected chi connectivity index (χ4v) is 2.44. The number of hydrogen-bond donors (Lipinski definition) is 2. The van der Waals surface area contributed by atoms with E-state index in [4.69, 9.17) is 0 Å². The highest BCUT2D eigenvalue weighted by Gasteiger charge is 2.35. The first-order valence-electron chi connectivity index (χ1n) is 7.50. The van der Waals surface area contributed by atoms with Crippen LogP contribution in [0.25, 0.3) is 0 Å². The molecule has 0 aliphatic heterocycles. The Morgan fingerprint density at radius 1 is 1.16 bits per heavy atom. The monoisotopic (exact) mass is 353 g/mol. The molecule has 4 nitrogen and oxygen atoms in total. The summed E-state index contributed by atoms with van der Waals surface area (Å²) in [6, 6.07) is 8.44. The van der Waals surface area contributed by atoms with Gasteiger partial charge in [0, 0.05) is 13.1 Å². The molecule has 0 spiro atoms. The summed E-state index contributed by atoms with van der Waals surface area (Å²) in [4.78, 5) is 11.5. The third-order valence-electron chi connectivity index (χ3n) is 3.77. The summed E-state index contributed by atoms with van der Waals surface area (Å²) in [5.74, 6) is -0.860. The normalized spacial score (nSPS) is 11.4. The predicted octanol–water partition coefficient (Wildman–Crippen LogP) is 3.80. The van der Waals surface area contributed by atoms with Gasteiger partial charge in [-0.3, -0.25) is 0 Å². The van der Waals surface area contributed by atoms with Crippen molar-refractivity contribution in [3.05, 3.63) is 64.2 Å². The number of carbonyl (C=O) groups is 1. The zero-order valence-electron chi connectivity index (χ0n) is 13.8. The highest BCUT2D eigenvalue weighted by atomic mass is 19.4. The van der Waals surface area contributed by atoms with E-state index in [0.717, 1.165) is 30.4 Å². The molecule has 0 saturated heterocycles. The fourth-order valence-electron chi connectivity index (χ4n) is 2.44. The van der Waals surface area contributed by atoms with Gasteiger partial charge in [0.05, 0.1) is 18.2 Å². The number of ether oxygens (including phenoxy) is 1. The van der Waals surface area contributed by atoms with Crippen LogP contribution >= 0.6 is 0 Å². The van der Waals surface area contributed by atoms with Gasteiger partial charge < -0.3 is 15.2 Å². The number of methoxy groups -OCH3 is 1. The quantitative estimate of drug-likeness (QED) is 0.803. The van der Waals surface area contributed by atoms with Gasteiger partial charge in [0.2, 0.25) is 0 Å². The van der Waals surface area contributed by atoms with Gasteiger partial charge >= 0.3 is 12.1 Å². The summed E-state index contributed by atoms with van der Waals surface area (Å²) >= 11 is 0. The largest absolute Gasteiger partial charge is 0.508 e. The minimum Gasteiger partial charge on any atom is -0.508 e. The Hall–Kier alpha value is -2.54. The average Bonchev–Trinajstić information content (AvgIpc) is 2.55. The van der Waals surface area contributed by atoms with Crippen LogP contribution < -0.4 is 5.32 Å². The number of phenols is 1. The van der Waals surface area contributed by atoms with Crippen molar-refractivity contribution in [1.82, 2.24) is 5.32 Å². The number of halogens is 3. The van der Waals surface area contributed by atoms with Crippen molar-refractivity contribution in [1.29, 1.82) is 0 Å². The summed E-state index contributed by atoms with van der Waals surface area (Å²) in [6.07, 6.45) is -4.65. The molecule has 0 radical (unpaired) electrons. The maximum atomic E-state index is 13.2. The summed E-state index contributed by atoms with van der Waals surface area (Å²) in [6.45, 7) is 2.47. The van der Waals surface area contributed by atoms with Crippen molar-refractivity contribution in [2.45, 2.75) is 26.2 Å². The maximum Gasteiger partial charge on any atom is 0.417 e. The predicted molar refractivity (Wildman–Crippen MR) is 86.2 cm³/mol. The number of benzene rings is 2. The molecule has 2 rings (SSSR count). The van der Waals surface area contributed by atoms with Crippen LogP contribution in [-0.4, -0.2) is 18.2 Å². The number of alkyl halides is 3. The molecule has 134 valence electrons. The number of nitrogens with one attached hydrogen (secondary N) is 1. The first kappa shape index (κ1) is 18.8. The molecule has 7 heteroatoms. The zero-order valence-corrected chi connectivity index (χ0v) is 13.8. The third-order valence-corrected chi connectivity index (χ3v) is 3.77. The lowest BCUT2D eigenvalue weighted by Crippen LogP contribution is -2.17. The van der Waals surface area contributed by atoms with Gasteiger partial charge in [-0.25, -0.2) is 4.79 Å². The zero-order chi connectivity index (χ0) is 18.6. The number of phenolic OH excluding ortho intramolecular Hbond substituents is 1. The van der Waals surface area contributed by atoms with Gasteiger partial charge in [0.1, 0.15) is 5.75 Å². The molecule has 25 heavy (non-hydrogen) atoms. The van der Waals surface area contributed by atoms with E-state index < -0.39 is 23.3 Å². The molecular weight excluding hydrogens is 335 g/mol. The van der Waals surface area contributed by atoms with Crippen molar-refractivity contribution in [2.75, 3.05) is 7.11 Å². The summed E-state index contributed by atoms with van der Waals surface area (Å²) in [7, 11) is 1.04. The second-order valence-corrected chi connectivity index (χ2v) is 5.58. The second kappa shape index (κ2) is 7.57. The van der Waals surface area contributed by atoms with Crippen molar-refractivity contribution in [2.24, 2.45) is 0 Å². The Kier molecular flexibility index (Phi) is 5.69. The number of hydrogen-bond acceptors (Lipinski definition) is 4. The Morgan fingerprint density at radius 2 is 1.88 bits per heavy atom. The average molecular weight is 353 g/mol. The van der Waals surface area contributed by atoms with E-state index in [1.54, 1.807) is 18.2 Å². The molecule has 0 aliphatic rings. The van der Waals surface area contributed by atoms with Crippen LogP contribution in [0.2, 0.25) is 0 Å². The minimum absolute atomic E-state index is 0.162. The van der Waals surface area contributed by atoms with Crippen molar-refractivity contribution < 1.29 is 27.8 Å². The Morgan fingerprint density at radius 3 is 2.48 bits per heavy atom. The maximum absolute atomic E-state index is 13.2. The fraction of sp³-hybridized carbons (Fsp3) is 0.278. The molecule has 0 atom stereocenters. The Bertz CT molecular complexity index is 773. The van der Waals surface area contributed by atoms with Crippen LogP contribution in [0.4, 0.5) is 13.2 Å². The third kappa shape index (κ3) is 4.73. The molecule has 0 bridgehead atoms. The molecule has 0 aliphatic carbocycles. The van der Waals surface area contributed by atoms with E-state index in [1.165, 1.54) is 6.07 Å². The number of carbonyl (C=O) groups excluding carboxylic acids is 1. The van der Waals surface area contributed by atoms with E-state index in [2.05, 4.69) is 10.1 Å². The SMILES string of the molecule is COC(=O)c1ccc(CNCc2ccc(O)cc2C)cc1C(F)(F)F. The van der Waals surface area contributed by atoms with Gasteiger partial charge in [-0.05, 0) is 47.9 Å². The lowest BCUT2D eigenvalue weighted by atomic mass is 10.0. The van der Waals surface area contributed by atoms with Crippen LogP contribution in [0.5, 0.6) is 5.75 Å². The minimum atomic E-state index is -4.65. The number of aryl methyl sites for hydroxylation is 1. The van der Waals surface area contributed by atoms with Gasteiger partial charge in [-0.15, -0.1) is 0 Å². The first-order chi connectivity index (χ1) is 11.7. The van der Waals surface area contributed by atoms with E-state index in [0.29, 0.717) is 12.1 Å². The first-order valence-corrected chi connectivity index (χ1v) is 7.50. The highest BCUT2D eigenvalue weighted by Crippen LogP contribution is 2.33. The smallest absolute Gasteiger partial charge is 0.417 e. The molecule has 0 heterocycles. The molecule has 0 amide bonds. The molecule has 2 aromatic carbocycles. The molecule has 0 fully saturated rings. The van der Waals surface area contributed by atoms with Gasteiger partial charge in [-0.1, -0.05) is 12.1 Å².